The Kier molecular flexibility index (Phi) is 15.3. The van der Waals surface area contributed by atoms with Crippen LogP contribution < -0.4 is 0 Å². The predicted octanol–water partition coefficient (Wildman–Crippen LogP) is 5.67. The Bertz CT molecular complexity index is 78.0. The van der Waals surface area contributed by atoms with Crippen molar-refractivity contribution in [3.8, 4) is 0 Å². The van der Waals surface area contributed by atoms with Gasteiger partial charge in [-0.3, -0.25) is 0 Å². The Morgan fingerprint density at radius 3 is 1.14 bits per heavy atom. The minimum absolute atomic E-state index is 0.898. The first kappa shape index (κ1) is 16.4. The quantitative estimate of drug-likeness (QED) is 0.518. The van der Waals surface area contributed by atoms with E-state index in [2.05, 4.69) is 41.5 Å². The zero-order valence-corrected chi connectivity index (χ0v) is 11.4. The first-order valence-electron chi connectivity index (χ1n) is 6.58. The van der Waals surface area contributed by atoms with E-state index >= 15 is 0 Å². The molecule has 0 saturated heterocycles. The van der Waals surface area contributed by atoms with Crippen molar-refractivity contribution in [3.05, 3.63) is 0 Å². The lowest BCUT2D eigenvalue weighted by atomic mass is 10.0. The molecule has 0 radical (unpaired) electrons. The van der Waals surface area contributed by atoms with Gasteiger partial charge in [-0.2, -0.15) is 0 Å². The van der Waals surface area contributed by atoms with E-state index in [9.17, 15) is 0 Å². The highest BCUT2D eigenvalue weighted by Gasteiger charge is 1.95. The molecule has 0 saturated carbocycles. The third-order valence-electron chi connectivity index (χ3n) is 2.43. The first-order valence-corrected chi connectivity index (χ1v) is 6.58. The predicted molar refractivity (Wildman–Crippen MR) is 68.7 cm³/mol. The van der Waals surface area contributed by atoms with Gasteiger partial charge in [-0.05, 0) is 11.8 Å². The second kappa shape index (κ2) is 13.0. The van der Waals surface area contributed by atoms with Gasteiger partial charge in [-0.25, -0.2) is 0 Å². The van der Waals surface area contributed by atoms with Crippen molar-refractivity contribution in [2.75, 3.05) is 0 Å². The van der Waals surface area contributed by atoms with Crippen molar-refractivity contribution in [2.45, 2.75) is 80.1 Å². The Balaban J connectivity index is 0. The minimum atomic E-state index is 0.898. The monoisotopic (exact) mass is 200 g/mol. The summed E-state index contributed by atoms with van der Waals surface area (Å²) in [5, 5.41) is 0. The van der Waals surface area contributed by atoms with E-state index in [4.69, 9.17) is 0 Å². The summed E-state index contributed by atoms with van der Waals surface area (Å²) >= 11 is 0. The van der Waals surface area contributed by atoms with Gasteiger partial charge < -0.3 is 0 Å². The van der Waals surface area contributed by atoms with Crippen molar-refractivity contribution in [3.63, 3.8) is 0 Å². The Hall–Kier alpha value is 0. The zero-order valence-electron chi connectivity index (χ0n) is 11.4. The lowest BCUT2D eigenvalue weighted by Gasteiger charge is -2.05. The van der Waals surface area contributed by atoms with E-state index in [0.717, 1.165) is 11.8 Å². The van der Waals surface area contributed by atoms with Crippen LogP contribution in [0.3, 0.4) is 0 Å². The van der Waals surface area contributed by atoms with Crippen LogP contribution in [0.2, 0.25) is 0 Å². The van der Waals surface area contributed by atoms with Crippen LogP contribution in [0.1, 0.15) is 80.1 Å². The molecule has 0 aliphatic carbocycles. The second-order valence-electron chi connectivity index (χ2n) is 4.87. The third-order valence-corrected chi connectivity index (χ3v) is 2.43. The van der Waals surface area contributed by atoms with Crippen LogP contribution in [0.5, 0.6) is 0 Å². The van der Waals surface area contributed by atoms with Crippen LogP contribution in [-0.2, 0) is 0 Å². The SMILES string of the molecule is CCCC(C)C.CCCC(C)CCC. The topological polar surface area (TPSA) is 0 Å². The summed E-state index contributed by atoms with van der Waals surface area (Å²) in [6.45, 7) is 13.6. The largest absolute Gasteiger partial charge is 0.0654 e. The molecule has 0 unspecified atom stereocenters. The summed E-state index contributed by atoms with van der Waals surface area (Å²) in [6.07, 6.45) is 8.22. The van der Waals surface area contributed by atoms with Gasteiger partial charge in [-0.1, -0.05) is 80.1 Å². The molecule has 0 N–H and O–H groups in total. The van der Waals surface area contributed by atoms with Gasteiger partial charge in [0.25, 0.3) is 0 Å². The zero-order chi connectivity index (χ0) is 11.4. The van der Waals surface area contributed by atoms with Crippen molar-refractivity contribution < 1.29 is 0 Å². The maximum absolute atomic E-state index is 2.34. The number of hydrogen-bond acceptors (Lipinski definition) is 0. The molecule has 0 aliphatic heterocycles. The number of rotatable bonds is 6. The molecule has 0 amide bonds. The summed E-state index contributed by atoms with van der Waals surface area (Å²) in [5.41, 5.74) is 0. The molecule has 0 atom stereocenters. The smallest absolute Gasteiger partial charge is 0.0443 e. The van der Waals surface area contributed by atoms with Gasteiger partial charge in [0.15, 0.2) is 0 Å². The molecule has 0 spiro atoms. The molecular weight excluding hydrogens is 168 g/mol. The summed E-state index contributed by atoms with van der Waals surface area (Å²) in [4.78, 5) is 0. The van der Waals surface area contributed by atoms with E-state index in [1.807, 2.05) is 0 Å². The fraction of sp³-hybridized carbons (Fsp3) is 1.00. The van der Waals surface area contributed by atoms with Gasteiger partial charge >= 0.3 is 0 Å². The molecule has 0 rings (SSSR count). The molecule has 0 aromatic rings. The van der Waals surface area contributed by atoms with Crippen molar-refractivity contribution >= 4 is 0 Å². The third kappa shape index (κ3) is 17.9. The summed E-state index contributed by atoms with van der Waals surface area (Å²) in [7, 11) is 0. The second-order valence-corrected chi connectivity index (χ2v) is 4.87. The van der Waals surface area contributed by atoms with Crippen molar-refractivity contribution in [1.29, 1.82) is 0 Å². The van der Waals surface area contributed by atoms with Gasteiger partial charge in [0, 0.05) is 0 Å². The molecule has 0 bridgehead atoms. The molecule has 88 valence electrons. The van der Waals surface area contributed by atoms with E-state index in [1.54, 1.807) is 0 Å². The van der Waals surface area contributed by atoms with Crippen LogP contribution >= 0.6 is 0 Å². The summed E-state index contributed by atoms with van der Waals surface area (Å²) < 4.78 is 0. The van der Waals surface area contributed by atoms with E-state index in [1.165, 1.54) is 38.5 Å². The maximum Gasteiger partial charge on any atom is -0.0443 e. The van der Waals surface area contributed by atoms with Crippen LogP contribution in [0.15, 0.2) is 0 Å². The van der Waals surface area contributed by atoms with E-state index in [-0.39, 0.29) is 0 Å². The van der Waals surface area contributed by atoms with Crippen LogP contribution in [0.4, 0.5) is 0 Å². The standard InChI is InChI=1S/C8H18.C6H14/c1-4-6-8(3)7-5-2;1-4-5-6(2)3/h8H,4-7H2,1-3H3;6H,4-5H2,1-3H3. The molecule has 14 heavy (non-hydrogen) atoms. The van der Waals surface area contributed by atoms with Gasteiger partial charge in [-0.15, -0.1) is 0 Å². The van der Waals surface area contributed by atoms with Crippen LogP contribution in [0.25, 0.3) is 0 Å². The van der Waals surface area contributed by atoms with E-state index < -0.39 is 0 Å². The summed E-state index contributed by atoms with van der Waals surface area (Å²) in [6, 6.07) is 0. The molecule has 0 heteroatoms. The summed E-state index contributed by atoms with van der Waals surface area (Å²) in [5.74, 6) is 1.86. The Labute approximate surface area is 92.5 Å². The Morgan fingerprint density at radius 1 is 0.643 bits per heavy atom. The average molecular weight is 200 g/mol. The first-order chi connectivity index (χ1) is 6.58. The fourth-order valence-corrected chi connectivity index (χ4v) is 1.71. The maximum atomic E-state index is 2.34. The highest BCUT2D eigenvalue weighted by Crippen LogP contribution is 2.10. The molecule has 0 nitrogen and oxygen atoms in total. The van der Waals surface area contributed by atoms with Gasteiger partial charge in [0.2, 0.25) is 0 Å². The molecular formula is C14H32. The molecule has 0 aromatic carbocycles. The molecule has 0 aliphatic rings. The van der Waals surface area contributed by atoms with Crippen molar-refractivity contribution in [2.24, 2.45) is 11.8 Å². The average Bonchev–Trinajstić information content (AvgIpc) is 2.05. The highest BCUT2D eigenvalue weighted by atomic mass is 14.0. The lowest BCUT2D eigenvalue weighted by molar-refractivity contribution is 0.480. The molecule has 0 heterocycles. The van der Waals surface area contributed by atoms with Gasteiger partial charge in [0.05, 0.1) is 0 Å². The lowest BCUT2D eigenvalue weighted by Crippen LogP contribution is -1.91. The van der Waals surface area contributed by atoms with Crippen LogP contribution in [0, 0.1) is 11.8 Å². The fourth-order valence-electron chi connectivity index (χ4n) is 1.71. The van der Waals surface area contributed by atoms with Crippen molar-refractivity contribution in [1.82, 2.24) is 0 Å². The highest BCUT2D eigenvalue weighted by molar-refractivity contribution is 4.48. The van der Waals surface area contributed by atoms with Crippen LogP contribution in [-0.4, -0.2) is 0 Å². The Morgan fingerprint density at radius 2 is 1.00 bits per heavy atom. The minimum Gasteiger partial charge on any atom is -0.0654 e. The number of hydrogen-bond donors (Lipinski definition) is 0. The molecule has 0 aromatic heterocycles. The van der Waals surface area contributed by atoms with Gasteiger partial charge in [0.1, 0.15) is 0 Å². The molecule has 0 fully saturated rings. The normalized spacial score (nSPS) is 10.3. The van der Waals surface area contributed by atoms with E-state index in [0.29, 0.717) is 0 Å².